The highest BCUT2D eigenvalue weighted by Crippen LogP contribution is 2.42. The van der Waals surface area contributed by atoms with Gasteiger partial charge in [-0.2, -0.15) is 0 Å². The van der Waals surface area contributed by atoms with Gasteiger partial charge in [-0.25, -0.2) is 0 Å². The van der Waals surface area contributed by atoms with E-state index in [4.69, 9.17) is 17.3 Å². The van der Waals surface area contributed by atoms with E-state index in [2.05, 4.69) is 5.32 Å². The lowest BCUT2D eigenvalue weighted by atomic mass is 9.65. The Kier molecular flexibility index (Phi) is 6.58. The van der Waals surface area contributed by atoms with Gasteiger partial charge in [-0.3, -0.25) is 9.59 Å². The second-order valence-corrected chi connectivity index (χ2v) is 8.95. The molecule has 4 atom stereocenters. The number of carbonyl (C=O) groups excluding carboxylic acids is 2. The van der Waals surface area contributed by atoms with E-state index >= 15 is 0 Å². The zero-order valence-corrected chi connectivity index (χ0v) is 17.7. The van der Waals surface area contributed by atoms with Crippen LogP contribution in [0.15, 0.2) is 24.3 Å². The highest BCUT2D eigenvalue weighted by atomic mass is 35.5. The molecule has 3 N–H and O–H groups in total. The zero-order valence-electron chi connectivity index (χ0n) is 16.1. The Labute approximate surface area is 177 Å². The van der Waals surface area contributed by atoms with E-state index in [1.807, 2.05) is 24.3 Å². The first-order chi connectivity index (χ1) is 12.9. The van der Waals surface area contributed by atoms with Crippen LogP contribution in [0, 0.1) is 17.8 Å². The lowest BCUT2D eigenvalue weighted by Crippen LogP contribution is -2.50. The number of nitrogens with one attached hydrogen (secondary N) is 1. The van der Waals surface area contributed by atoms with Crippen molar-refractivity contribution >= 4 is 35.8 Å². The fourth-order valence-corrected chi connectivity index (χ4v) is 5.54. The summed E-state index contributed by atoms with van der Waals surface area (Å²) < 4.78 is 0. The molecular weight excluding hydrogens is 397 g/mol. The second kappa shape index (κ2) is 8.60. The van der Waals surface area contributed by atoms with Crippen LogP contribution >= 0.6 is 24.0 Å². The lowest BCUT2D eigenvalue weighted by molar-refractivity contribution is -0.129. The summed E-state index contributed by atoms with van der Waals surface area (Å²) in [7, 11) is 1.80. The Morgan fingerprint density at radius 1 is 1.18 bits per heavy atom. The first-order valence-electron chi connectivity index (χ1n) is 10.0. The van der Waals surface area contributed by atoms with Crippen LogP contribution in [0.2, 0.25) is 5.02 Å². The van der Waals surface area contributed by atoms with Crippen molar-refractivity contribution in [2.45, 2.75) is 56.7 Å². The molecule has 1 aromatic carbocycles. The SMILES string of the molecule is CN1C(=O)CC(NC(=O)C2CC3CCCC(C2)C3N)C1c1ccc(Cl)cc1.Cl. The molecule has 7 heteroatoms. The number of halogens is 2. The average Bonchev–Trinajstić information content (AvgIpc) is 2.89. The molecule has 1 aliphatic heterocycles. The Morgan fingerprint density at radius 3 is 2.39 bits per heavy atom. The molecule has 28 heavy (non-hydrogen) atoms. The minimum Gasteiger partial charge on any atom is -0.350 e. The summed E-state index contributed by atoms with van der Waals surface area (Å²) in [4.78, 5) is 27.1. The molecule has 1 aromatic rings. The van der Waals surface area contributed by atoms with Crippen LogP contribution in [0.4, 0.5) is 0 Å². The average molecular weight is 426 g/mol. The van der Waals surface area contributed by atoms with Crippen molar-refractivity contribution in [2.75, 3.05) is 7.05 Å². The molecule has 2 aliphatic carbocycles. The first kappa shape index (κ1) is 21.4. The lowest BCUT2D eigenvalue weighted by Gasteiger charge is -2.43. The Bertz CT molecular complexity index is 713. The van der Waals surface area contributed by atoms with E-state index in [9.17, 15) is 9.59 Å². The predicted molar refractivity (Wildman–Crippen MR) is 112 cm³/mol. The number of benzene rings is 1. The van der Waals surface area contributed by atoms with E-state index in [0.29, 0.717) is 23.3 Å². The van der Waals surface area contributed by atoms with E-state index in [-0.39, 0.29) is 48.3 Å². The van der Waals surface area contributed by atoms with Gasteiger partial charge in [-0.05, 0) is 55.2 Å². The molecule has 2 amide bonds. The van der Waals surface area contributed by atoms with E-state index in [0.717, 1.165) is 31.2 Å². The molecule has 2 bridgehead atoms. The van der Waals surface area contributed by atoms with Gasteiger partial charge in [0, 0.05) is 30.5 Å². The number of hydrogen-bond donors (Lipinski definition) is 2. The monoisotopic (exact) mass is 425 g/mol. The predicted octanol–water partition coefficient (Wildman–Crippen LogP) is 3.30. The van der Waals surface area contributed by atoms with Crippen molar-refractivity contribution in [2.24, 2.45) is 23.5 Å². The highest BCUT2D eigenvalue weighted by Gasteiger charge is 2.43. The van der Waals surface area contributed by atoms with Crippen molar-refractivity contribution in [3.63, 3.8) is 0 Å². The largest absolute Gasteiger partial charge is 0.350 e. The number of nitrogens with two attached hydrogens (primary N) is 1. The number of rotatable bonds is 3. The number of amides is 2. The third kappa shape index (κ3) is 4.03. The summed E-state index contributed by atoms with van der Waals surface area (Å²) in [6, 6.07) is 7.43. The summed E-state index contributed by atoms with van der Waals surface area (Å²) in [5.74, 6) is 1.10. The molecule has 3 fully saturated rings. The molecule has 1 saturated heterocycles. The number of fused-ring (bicyclic) bond motifs is 2. The van der Waals surface area contributed by atoms with Gasteiger partial charge in [0.25, 0.3) is 0 Å². The maximum absolute atomic E-state index is 13.0. The normalized spacial score (nSPS) is 34.7. The van der Waals surface area contributed by atoms with Gasteiger partial charge in [-0.1, -0.05) is 30.2 Å². The van der Waals surface area contributed by atoms with Gasteiger partial charge in [0.2, 0.25) is 11.8 Å². The summed E-state index contributed by atoms with van der Waals surface area (Å²) in [6.07, 6.45) is 5.61. The minimum absolute atomic E-state index is 0. The number of likely N-dealkylation sites (N-methyl/N-ethyl adjacent to an activating group) is 1. The topological polar surface area (TPSA) is 75.4 Å². The van der Waals surface area contributed by atoms with Crippen molar-refractivity contribution in [3.05, 3.63) is 34.9 Å². The summed E-state index contributed by atoms with van der Waals surface area (Å²) in [5.41, 5.74) is 7.36. The number of nitrogens with zero attached hydrogens (tertiary/aromatic N) is 1. The molecule has 5 nitrogen and oxygen atoms in total. The molecule has 4 rings (SSSR count). The molecule has 0 aromatic heterocycles. The Balaban J connectivity index is 0.00000225. The molecule has 0 radical (unpaired) electrons. The van der Waals surface area contributed by atoms with Crippen LogP contribution in [-0.4, -0.2) is 35.8 Å². The number of carbonyl (C=O) groups is 2. The number of hydrogen-bond acceptors (Lipinski definition) is 3. The third-order valence-electron chi connectivity index (χ3n) is 6.91. The summed E-state index contributed by atoms with van der Waals surface area (Å²) in [5, 5.41) is 3.86. The fourth-order valence-electron chi connectivity index (χ4n) is 5.42. The van der Waals surface area contributed by atoms with Gasteiger partial charge in [-0.15, -0.1) is 12.4 Å². The van der Waals surface area contributed by atoms with Crippen LogP contribution in [0.1, 0.15) is 50.1 Å². The van der Waals surface area contributed by atoms with Gasteiger partial charge >= 0.3 is 0 Å². The molecule has 0 spiro atoms. The van der Waals surface area contributed by atoms with Gasteiger partial charge in [0.15, 0.2) is 0 Å². The van der Waals surface area contributed by atoms with Gasteiger partial charge in [0.05, 0.1) is 12.1 Å². The summed E-state index contributed by atoms with van der Waals surface area (Å²) in [6.45, 7) is 0. The third-order valence-corrected chi connectivity index (χ3v) is 7.16. The first-order valence-corrected chi connectivity index (χ1v) is 10.4. The smallest absolute Gasteiger partial charge is 0.225 e. The van der Waals surface area contributed by atoms with Gasteiger partial charge < -0.3 is 16.0 Å². The quantitative estimate of drug-likeness (QED) is 0.779. The second-order valence-electron chi connectivity index (χ2n) is 8.52. The molecule has 1 heterocycles. The minimum atomic E-state index is -0.202. The van der Waals surface area contributed by atoms with E-state index in [1.54, 1.807) is 11.9 Å². The van der Waals surface area contributed by atoms with Crippen LogP contribution in [0.5, 0.6) is 0 Å². The fraction of sp³-hybridized carbons (Fsp3) is 0.619. The van der Waals surface area contributed by atoms with Gasteiger partial charge in [0.1, 0.15) is 0 Å². The molecule has 3 aliphatic rings. The Hall–Kier alpha value is -1.30. The summed E-state index contributed by atoms with van der Waals surface area (Å²) >= 11 is 6.00. The standard InChI is InChI=1S/C21H28ClN3O2.ClH/c1-25-18(26)11-17(20(25)12-5-7-16(22)8-6-12)24-21(27)15-9-13-3-2-4-14(10-15)19(13)23;/h5-8,13-15,17,19-20H,2-4,9-11,23H2,1H3,(H,24,27);1H. The van der Waals surface area contributed by atoms with Crippen molar-refractivity contribution in [3.8, 4) is 0 Å². The van der Waals surface area contributed by atoms with Crippen LogP contribution in [-0.2, 0) is 9.59 Å². The van der Waals surface area contributed by atoms with Crippen molar-refractivity contribution in [1.82, 2.24) is 10.2 Å². The van der Waals surface area contributed by atoms with Crippen molar-refractivity contribution < 1.29 is 9.59 Å². The maximum atomic E-state index is 13.0. The number of likely N-dealkylation sites (tertiary alicyclic amines) is 1. The van der Waals surface area contributed by atoms with Crippen molar-refractivity contribution in [1.29, 1.82) is 0 Å². The molecule has 154 valence electrons. The van der Waals surface area contributed by atoms with E-state index < -0.39 is 0 Å². The maximum Gasteiger partial charge on any atom is 0.225 e. The van der Waals surface area contributed by atoms with Crippen LogP contribution in [0.3, 0.4) is 0 Å². The highest BCUT2D eigenvalue weighted by molar-refractivity contribution is 6.30. The zero-order chi connectivity index (χ0) is 19.1. The Morgan fingerprint density at radius 2 is 1.79 bits per heavy atom. The van der Waals surface area contributed by atoms with Crippen LogP contribution < -0.4 is 11.1 Å². The van der Waals surface area contributed by atoms with E-state index in [1.165, 1.54) is 6.42 Å². The molecular formula is C21H29Cl2N3O2. The molecule has 4 unspecified atom stereocenters. The molecule has 2 saturated carbocycles. The van der Waals surface area contributed by atoms with Crippen LogP contribution in [0.25, 0.3) is 0 Å².